The molecule has 68 valence electrons. The van der Waals surface area contributed by atoms with Crippen molar-refractivity contribution in [1.29, 1.82) is 5.26 Å². The lowest BCUT2D eigenvalue weighted by Crippen LogP contribution is -2.57. The Bertz CT molecular complexity index is 176. The first-order valence-corrected chi connectivity index (χ1v) is 4.54. The van der Waals surface area contributed by atoms with Crippen LogP contribution in [0.5, 0.6) is 0 Å². The molecule has 3 heteroatoms. The highest BCUT2D eigenvalue weighted by Gasteiger charge is 2.37. The molecule has 3 nitrogen and oxygen atoms in total. The monoisotopic (exact) mass is 168 g/mol. The fourth-order valence-corrected chi connectivity index (χ4v) is 1.55. The fourth-order valence-electron chi connectivity index (χ4n) is 1.55. The van der Waals surface area contributed by atoms with Crippen LogP contribution in [0.1, 0.15) is 32.6 Å². The Kier molecular flexibility index (Phi) is 3.07. The highest BCUT2D eigenvalue weighted by molar-refractivity contribution is 5.02. The van der Waals surface area contributed by atoms with Gasteiger partial charge in [0.1, 0.15) is 0 Å². The number of aliphatic hydroxyl groups is 1. The van der Waals surface area contributed by atoms with Crippen LogP contribution in [0.15, 0.2) is 0 Å². The van der Waals surface area contributed by atoms with E-state index in [0.717, 1.165) is 25.7 Å². The van der Waals surface area contributed by atoms with Crippen LogP contribution in [0, 0.1) is 11.3 Å². The Morgan fingerprint density at radius 1 is 1.67 bits per heavy atom. The van der Waals surface area contributed by atoms with E-state index in [-0.39, 0.29) is 18.2 Å². The van der Waals surface area contributed by atoms with Crippen LogP contribution in [-0.2, 0) is 0 Å². The predicted octanol–water partition coefficient (Wildman–Crippen LogP) is 0.793. The van der Waals surface area contributed by atoms with E-state index in [2.05, 4.69) is 11.4 Å². The smallest absolute Gasteiger partial charge is 0.0955 e. The van der Waals surface area contributed by atoms with Crippen LogP contribution >= 0.6 is 0 Å². The lowest BCUT2D eigenvalue weighted by atomic mass is 9.77. The van der Waals surface area contributed by atoms with E-state index in [4.69, 9.17) is 10.4 Å². The van der Waals surface area contributed by atoms with Gasteiger partial charge in [-0.1, -0.05) is 6.92 Å². The molecule has 0 bridgehead atoms. The van der Waals surface area contributed by atoms with E-state index >= 15 is 0 Å². The van der Waals surface area contributed by atoms with Crippen molar-refractivity contribution in [2.75, 3.05) is 6.61 Å². The van der Waals surface area contributed by atoms with Crippen molar-refractivity contribution < 1.29 is 5.11 Å². The SMILES string of the molecule is CCC(C#N)NC1(CO)CCC1. The predicted molar refractivity (Wildman–Crippen MR) is 46.5 cm³/mol. The van der Waals surface area contributed by atoms with E-state index in [0.29, 0.717) is 0 Å². The van der Waals surface area contributed by atoms with Crippen molar-refractivity contribution in [1.82, 2.24) is 5.32 Å². The molecule has 0 aromatic carbocycles. The van der Waals surface area contributed by atoms with Crippen LogP contribution < -0.4 is 5.32 Å². The molecule has 1 rings (SSSR count). The summed E-state index contributed by atoms with van der Waals surface area (Å²) in [6, 6.07) is 2.09. The van der Waals surface area contributed by atoms with E-state index in [1.165, 1.54) is 0 Å². The fraction of sp³-hybridized carbons (Fsp3) is 0.889. The summed E-state index contributed by atoms with van der Waals surface area (Å²) in [5, 5.41) is 21.0. The van der Waals surface area contributed by atoms with Gasteiger partial charge in [0.05, 0.1) is 18.7 Å². The molecule has 1 aliphatic carbocycles. The van der Waals surface area contributed by atoms with Crippen LogP contribution in [0.25, 0.3) is 0 Å². The molecule has 0 aliphatic heterocycles. The molecule has 12 heavy (non-hydrogen) atoms. The summed E-state index contributed by atoms with van der Waals surface area (Å²) in [7, 11) is 0. The molecule has 0 radical (unpaired) electrons. The molecule has 0 heterocycles. The second kappa shape index (κ2) is 3.88. The van der Waals surface area contributed by atoms with Crippen molar-refractivity contribution >= 4 is 0 Å². The summed E-state index contributed by atoms with van der Waals surface area (Å²) in [5.41, 5.74) is -0.129. The molecule has 1 saturated carbocycles. The Morgan fingerprint density at radius 2 is 2.33 bits per heavy atom. The summed E-state index contributed by atoms with van der Waals surface area (Å²) in [6.45, 7) is 2.13. The van der Waals surface area contributed by atoms with E-state index in [1.807, 2.05) is 6.92 Å². The standard InChI is InChI=1S/C9H16N2O/c1-2-8(6-10)11-9(7-12)4-3-5-9/h8,11-12H,2-5,7H2,1H3. The third-order valence-electron chi connectivity index (χ3n) is 2.66. The van der Waals surface area contributed by atoms with Crippen molar-refractivity contribution in [2.24, 2.45) is 0 Å². The quantitative estimate of drug-likeness (QED) is 0.652. The van der Waals surface area contributed by atoms with Crippen LogP contribution in [-0.4, -0.2) is 23.3 Å². The molecule has 1 fully saturated rings. The van der Waals surface area contributed by atoms with Gasteiger partial charge in [-0.25, -0.2) is 0 Å². The number of aliphatic hydroxyl groups excluding tert-OH is 1. The second-order valence-corrected chi connectivity index (χ2v) is 3.53. The number of hydrogen-bond acceptors (Lipinski definition) is 3. The minimum Gasteiger partial charge on any atom is -0.394 e. The van der Waals surface area contributed by atoms with Crippen molar-refractivity contribution in [3.63, 3.8) is 0 Å². The minimum absolute atomic E-state index is 0.0996. The summed E-state index contributed by atoms with van der Waals surface area (Å²) in [4.78, 5) is 0. The maximum absolute atomic E-state index is 9.10. The second-order valence-electron chi connectivity index (χ2n) is 3.53. The highest BCUT2D eigenvalue weighted by Crippen LogP contribution is 2.31. The normalized spacial score (nSPS) is 22.4. The molecular formula is C9H16N2O. The Hall–Kier alpha value is -0.590. The maximum Gasteiger partial charge on any atom is 0.0955 e. The third kappa shape index (κ3) is 1.77. The Labute approximate surface area is 73.4 Å². The largest absolute Gasteiger partial charge is 0.394 e. The van der Waals surface area contributed by atoms with Gasteiger partial charge in [-0.3, -0.25) is 5.32 Å². The lowest BCUT2D eigenvalue weighted by molar-refractivity contribution is 0.0824. The molecule has 0 aromatic rings. The lowest BCUT2D eigenvalue weighted by Gasteiger charge is -2.42. The number of rotatable bonds is 4. The average Bonchev–Trinajstić information content (AvgIpc) is 2.05. The first-order chi connectivity index (χ1) is 5.76. The average molecular weight is 168 g/mol. The van der Waals surface area contributed by atoms with E-state index < -0.39 is 0 Å². The van der Waals surface area contributed by atoms with Crippen molar-refractivity contribution in [3.05, 3.63) is 0 Å². The molecule has 1 aliphatic rings. The molecule has 0 spiro atoms. The van der Waals surface area contributed by atoms with E-state index in [1.54, 1.807) is 0 Å². The molecule has 0 saturated heterocycles. The molecular weight excluding hydrogens is 152 g/mol. The minimum atomic E-state index is -0.129. The molecule has 0 aromatic heterocycles. The van der Waals surface area contributed by atoms with Crippen molar-refractivity contribution in [2.45, 2.75) is 44.2 Å². The van der Waals surface area contributed by atoms with Gasteiger partial charge in [-0.15, -0.1) is 0 Å². The first-order valence-electron chi connectivity index (χ1n) is 4.54. The topological polar surface area (TPSA) is 56.0 Å². The summed E-state index contributed by atoms with van der Waals surface area (Å²) in [5.74, 6) is 0. The van der Waals surface area contributed by atoms with Gasteiger partial charge in [0.2, 0.25) is 0 Å². The van der Waals surface area contributed by atoms with Crippen LogP contribution in [0.4, 0.5) is 0 Å². The summed E-state index contributed by atoms with van der Waals surface area (Å²) in [6.07, 6.45) is 3.97. The van der Waals surface area contributed by atoms with Crippen LogP contribution in [0.3, 0.4) is 0 Å². The summed E-state index contributed by atoms with van der Waals surface area (Å²) >= 11 is 0. The molecule has 1 unspecified atom stereocenters. The zero-order valence-electron chi connectivity index (χ0n) is 7.51. The van der Waals surface area contributed by atoms with Gasteiger partial charge in [0.25, 0.3) is 0 Å². The van der Waals surface area contributed by atoms with Gasteiger partial charge in [0, 0.05) is 5.54 Å². The number of hydrogen-bond donors (Lipinski definition) is 2. The third-order valence-corrected chi connectivity index (χ3v) is 2.66. The van der Waals surface area contributed by atoms with Gasteiger partial charge in [-0.05, 0) is 25.7 Å². The Balaban J connectivity index is 2.42. The van der Waals surface area contributed by atoms with Gasteiger partial charge < -0.3 is 5.11 Å². The van der Waals surface area contributed by atoms with E-state index in [9.17, 15) is 0 Å². The zero-order chi connectivity index (χ0) is 9.03. The number of nitrogens with one attached hydrogen (secondary N) is 1. The highest BCUT2D eigenvalue weighted by atomic mass is 16.3. The van der Waals surface area contributed by atoms with Crippen molar-refractivity contribution in [3.8, 4) is 6.07 Å². The zero-order valence-corrected chi connectivity index (χ0v) is 7.51. The van der Waals surface area contributed by atoms with Gasteiger partial charge in [0.15, 0.2) is 0 Å². The van der Waals surface area contributed by atoms with Crippen LogP contribution in [0.2, 0.25) is 0 Å². The number of nitriles is 1. The van der Waals surface area contributed by atoms with Gasteiger partial charge >= 0.3 is 0 Å². The molecule has 2 N–H and O–H groups in total. The van der Waals surface area contributed by atoms with Gasteiger partial charge in [-0.2, -0.15) is 5.26 Å². The molecule has 0 amide bonds. The molecule has 1 atom stereocenters. The number of nitrogens with zero attached hydrogens (tertiary/aromatic N) is 1. The summed E-state index contributed by atoms with van der Waals surface area (Å²) < 4.78 is 0. The first kappa shape index (κ1) is 9.50. The Morgan fingerprint density at radius 3 is 2.58 bits per heavy atom. The maximum atomic E-state index is 9.10.